The highest BCUT2D eigenvalue weighted by Crippen LogP contribution is 2.39. The van der Waals surface area contributed by atoms with E-state index in [1.54, 1.807) is 11.5 Å². The number of nitrogens with zero attached hydrogens (tertiary/aromatic N) is 2. The molecule has 3 atom stereocenters. The molecule has 0 amide bonds. The first-order valence-corrected chi connectivity index (χ1v) is 8.55. The number of aromatic nitrogens is 2. The Kier molecular flexibility index (Phi) is 5.76. The molecular weight excluding hydrogens is 254 g/mol. The van der Waals surface area contributed by atoms with E-state index >= 15 is 0 Å². The SMILES string of the molecule is CCCNC(c1snnc1C)C1CCCC(CC)C1. The summed E-state index contributed by atoms with van der Waals surface area (Å²) in [5.74, 6) is 1.69. The first-order chi connectivity index (χ1) is 9.26. The fraction of sp³-hybridized carbons (Fsp3) is 0.867. The second-order valence-corrected chi connectivity index (χ2v) is 6.64. The summed E-state index contributed by atoms with van der Waals surface area (Å²) in [5, 5.41) is 7.97. The van der Waals surface area contributed by atoms with Crippen molar-refractivity contribution in [2.45, 2.75) is 65.3 Å². The molecule has 0 radical (unpaired) electrons. The van der Waals surface area contributed by atoms with Crippen LogP contribution in [0, 0.1) is 18.8 Å². The van der Waals surface area contributed by atoms with E-state index in [-0.39, 0.29) is 0 Å². The van der Waals surface area contributed by atoms with Crippen LogP contribution in [0.5, 0.6) is 0 Å². The van der Waals surface area contributed by atoms with Crippen molar-refractivity contribution >= 4 is 11.5 Å². The molecule has 1 saturated carbocycles. The Morgan fingerprint density at radius 3 is 2.84 bits per heavy atom. The van der Waals surface area contributed by atoms with Gasteiger partial charge in [-0.3, -0.25) is 0 Å². The number of hydrogen-bond acceptors (Lipinski definition) is 4. The van der Waals surface area contributed by atoms with Gasteiger partial charge in [-0.2, -0.15) is 0 Å². The summed E-state index contributed by atoms with van der Waals surface area (Å²) in [6, 6.07) is 0.481. The molecule has 1 aliphatic carbocycles. The fourth-order valence-corrected chi connectivity index (χ4v) is 4.12. The lowest BCUT2D eigenvalue weighted by atomic mass is 9.76. The number of hydrogen-bond donors (Lipinski definition) is 1. The van der Waals surface area contributed by atoms with Crippen molar-refractivity contribution < 1.29 is 0 Å². The van der Waals surface area contributed by atoms with Gasteiger partial charge >= 0.3 is 0 Å². The van der Waals surface area contributed by atoms with Crippen LogP contribution in [0.4, 0.5) is 0 Å². The highest BCUT2D eigenvalue weighted by Gasteiger charge is 2.30. The van der Waals surface area contributed by atoms with E-state index in [0.717, 1.165) is 24.1 Å². The van der Waals surface area contributed by atoms with Crippen molar-refractivity contribution in [3.05, 3.63) is 10.6 Å². The van der Waals surface area contributed by atoms with Gasteiger partial charge in [0.05, 0.1) is 10.6 Å². The monoisotopic (exact) mass is 281 g/mol. The van der Waals surface area contributed by atoms with E-state index in [2.05, 4.69) is 35.7 Å². The molecule has 1 N–H and O–H groups in total. The lowest BCUT2D eigenvalue weighted by Crippen LogP contribution is -2.32. The molecule has 1 heterocycles. The zero-order valence-corrected chi connectivity index (χ0v) is 13.3. The Morgan fingerprint density at radius 1 is 1.37 bits per heavy atom. The second-order valence-electron chi connectivity index (χ2n) is 5.86. The Balaban J connectivity index is 2.10. The minimum atomic E-state index is 0.481. The first-order valence-electron chi connectivity index (χ1n) is 7.78. The van der Waals surface area contributed by atoms with Gasteiger partial charge in [0, 0.05) is 6.04 Å². The summed E-state index contributed by atoms with van der Waals surface area (Å²) in [4.78, 5) is 1.37. The Labute approximate surface area is 121 Å². The minimum absolute atomic E-state index is 0.481. The van der Waals surface area contributed by atoms with E-state index in [4.69, 9.17) is 0 Å². The smallest absolute Gasteiger partial charge is 0.0772 e. The molecule has 108 valence electrons. The van der Waals surface area contributed by atoms with E-state index in [0.29, 0.717) is 6.04 Å². The summed E-state index contributed by atoms with van der Waals surface area (Å²) in [6.45, 7) is 7.76. The zero-order valence-electron chi connectivity index (χ0n) is 12.5. The van der Waals surface area contributed by atoms with Crippen molar-refractivity contribution in [2.75, 3.05) is 6.54 Å². The maximum Gasteiger partial charge on any atom is 0.0772 e. The van der Waals surface area contributed by atoms with E-state index in [1.165, 1.54) is 43.4 Å². The molecule has 2 rings (SSSR count). The summed E-state index contributed by atoms with van der Waals surface area (Å²) in [7, 11) is 0. The van der Waals surface area contributed by atoms with Gasteiger partial charge in [0.15, 0.2) is 0 Å². The van der Waals surface area contributed by atoms with Gasteiger partial charge in [-0.1, -0.05) is 37.6 Å². The van der Waals surface area contributed by atoms with Gasteiger partial charge in [0.25, 0.3) is 0 Å². The van der Waals surface area contributed by atoms with Crippen molar-refractivity contribution in [3.8, 4) is 0 Å². The highest BCUT2D eigenvalue weighted by molar-refractivity contribution is 7.05. The zero-order chi connectivity index (χ0) is 13.7. The summed E-state index contributed by atoms with van der Waals surface area (Å²) >= 11 is 1.59. The molecule has 3 unspecified atom stereocenters. The predicted octanol–water partition coefficient (Wildman–Crippen LogP) is 4.10. The molecule has 0 aliphatic heterocycles. The number of aryl methyl sites for hydroxylation is 1. The van der Waals surface area contributed by atoms with E-state index in [1.807, 2.05) is 0 Å². The molecule has 0 aromatic carbocycles. The van der Waals surface area contributed by atoms with Crippen LogP contribution in [0.25, 0.3) is 0 Å². The third-order valence-corrected chi connectivity index (χ3v) is 5.36. The second kappa shape index (κ2) is 7.34. The molecule has 19 heavy (non-hydrogen) atoms. The quantitative estimate of drug-likeness (QED) is 0.853. The molecule has 0 saturated heterocycles. The van der Waals surface area contributed by atoms with Crippen LogP contribution in [0.2, 0.25) is 0 Å². The van der Waals surface area contributed by atoms with Crippen molar-refractivity contribution in [1.29, 1.82) is 0 Å². The molecular formula is C15H27N3S. The summed E-state index contributed by atoms with van der Waals surface area (Å²) in [5.41, 5.74) is 1.12. The molecule has 1 aromatic heterocycles. The van der Waals surface area contributed by atoms with Gasteiger partial charge in [-0.05, 0) is 56.1 Å². The average Bonchev–Trinajstić information content (AvgIpc) is 2.86. The molecule has 1 aliphatic rings. The normalized spacial score (nSPS) is 25.4. The van der Waals surface area contributed by atoms with Crippen LogP contribution in [0.1, 0.15) is 69.0 Å². The van der Waals surface area contributed by atoms with Gasteiger partial charge in [0.1, 0.15) is 0 Å². The van der Waals surface area contributed by atoms with Crippen LogP contribution in [0.15, 0.2) is 0 Å². The maximum atomic E-state index is 4.21. The van der Waals surface area contributed by atoms with Crippen molar-refractivity contribution in [3.63, 3.8) is 0 Å². The number of nitrogens with one attached hydrogen (secondary N) is 1. The lowest BCUT2D eigenvalue weighted by Gasteiger charge is -2.34. The number of rotatable bonds is 6. The maximum absolute atomic E-state index is 4.21. The van der Waals surface area contributed by atoms with Gasteiger partial charge < -0.3 is 5.32 Å². The Bertz CT molecular complexity index is 377. The molecule has 1 aromatic rings. The largest absolute Gasteiger partial charge is 0.309 e. The van der Waals surface area contributed by atoms with Gasteiger partial charge in [-0.25, -0.2) is 0 Å². The molecule has 4 heteroatoms. The fourth-order valence-electron chi connectivity index (χ4n) is 3.30. The van der Waals surface area contributed by atoms with Crippen LogP contribution >= 0.6 is 11.5 Å². The first kappa shape index (κ1) is 14.9. The molecule has 3 nitrogen and oxygen atoms in total. The highest BCUT2D eigenvalue weighted by atomic mass is 32.1. The van der Waals surface area contributed by atoms with Crippen molar-refractivity contribution in [2.24, 2.45) is 11.8 Å². The van der Waals surface area contributed by atoms with Crippen LogP contribution in [0.3, 0.4) is 0 Å². The molecule has 0 bridgehead atoms. The van der Waals surface area contributed by atoms with Crippen LogP contribution < -0.4 is 5.32 Å². The standard InChI is InChI=1S/C15H27N3S/c1-4-9-16-14(15-11(3)17-18-19-15)13-8-6-7-12(5-2)10-13/h12-14,16H,4-10H2,1-3H3. The van der Waals surface area contributed by atoms with Crippen LogP contribution in [-0.4, -0.2) is 16.1 Å². The summed E-state index contributed by atoms with van der Waals surface area (Å²) in [6.07, 6.45) is 8.05. The van der Waals surface area contributed by atoms with E-state index in [9.17, 15) is 0 Å². The summed E-state index contributed by atoms with van der Waals surface area (Å²) < 4.78 is 4.14. The third kappa shape index (κ3) is 3.76. The molecule has 1 fully saturated rings. The van der Waals surface area contributed by atoms with Crippen LogP contribution in [-0.2, 0) is 0 Å². The lowest BCUT2D eigenvalue weighted by molar-refractivity contribution is 0.210. The predicted molar refractivity (Wildman–Crippen MR) is 81.4 cm³/mol. The van der Waals surface area contributed by atoms with Gasteiger partial charge in [0.2, 0.25) is 0 Å². The molecule has 0 spiro atoms. The topological polar surface area (TPSA) is 37.8 Å². The minimum Gasteiger partial charge on any atom is -0.309 e. The third-order valence-electron chi connectivity index (χ3n) is 4.46. The van der Waals surface area contributed by atoms with E-state index < -0.39 is 0 Å². The Hall–Kier alpha value is -0.480. The van der Waals surface area contributed by atoms with Gasteiger partial charge in [-0.15, -0.1) is 5.10 Å². The van der Waals surface area contributed by atoms with Crippen molar-refractivity contribution in [1.82, 2.24) is 14.9 Å². The average molecular weight is 281 g/mol. The Morgan fingerprint density at radius 2 is 2.21 bits per heavy atom.